The lowest BCUT2D eigenvalue weighted by molar-refractivity contribution is -0.159. The van der Waals surface area contributed by atoms with Gasteiger partial charge in [0.1, 0.15) is 6.04 Å². The number of nitrogens with zero attached hydrogens (tertiary/aromatic N) is 1. The van der Waals surface area contributed by atoms with Crippen LogP contribution >= 0.6 is 0 Å². The Morgan fingerprint density at radius 2 is 1.61 bits per heavy atom. The second-order valence-corrected chi connectivity index (χ2v) is 12.2. The fourth-order valence-electron chi connectivity index (χ4n) is 6.95. The number of benzene rings is 1. The fraction of sp³-hybridized carbons (Fsp3) is 0.667. The zero-order valence-corrected chi connectivity index (χ0v) is 18.9. The molecule has 1 saturated heterocycles. The minimum atomic E-state index is -3.78. The van der Waals surface area contributed by atoms with Crippen LogP contribution in [0.5, 0.6) is 0 Å². The number of carbonyl (C=O) groups excluding carboxylic acids is 2. The van der Waals surface area contributed by atoms with E-state index < -0.39 is 22.0 Å². The van der Waals surface area contributed by atoms with Gasteiger partial charge >= 0.3 is 5.97 Å². The lowest BCUT2D eigenvalue weighted by atomic mass is 9.48. The third-order valence-corrected chi connectivity index (χ3v) is 10.0. The monoisotopic (exact) mass is 445 g/mol. The van der Waals surface area contributed by atoms with Crippen LogP contribution in [0.1, 0.15) is 56.9 Å². The molecule has 0 radical (unpaired) electrons. The van der Waals surface area contributed by atoms with E-state index in [4.69, 9.17) is 4.74 Å². The van der Waals surface area contributed by atoms with Gasteiger partial charge in [-0.1, -0.05) is 17.7 Å². The highest BCUT2D eigenvalue weighted by Crippen LogP contribution is 2.60. The maximum atomic E-state index is 13.1. The van der Waals surface area contributed by atoms with Crippen LogP contribution in [-0.2, 0) is 24.3 Å². The summed E-state index contributed by atoms with van der Waals surface area (Å²) in [6.07, 6.45) is 7.59. The summed E-state index contributed by atoms with van der Waals surface area (Å²) in [7, 11) is -3.78. The van der Waals surface area contributed by atoms with E-state index in [0.717, 1.165) is 24.8 Å². The molecule has 4 saturated carbocycles. The van der Waals surface area contributed by atoms with E-state index in [9.17, 15) is 18.0 Å². The van der Waals surface area contributed by atoms with Gasteiger partial charge < -0.3 is 4.74 Å². The number of esters is 1. The van der Waals surface area contributed by atoms with Crippen LogP contribution in [-0.4, -0.2) is 43.7 Å². The molecule has 1 aliphatic heterocycles. The first-order valence-electron chi connectivity index (χ1n) is 11.6. The quantitative estimate of drug-likeness (QED) is 0.626. The van der Waals surface area contributed by atoms with Gasteiger partial charge in [-0.15, -0.1) is 0 Å². The van der Waals surface area contributed by atoms with Crippen LogP contribution in [0.25, 0.3) is 0 Å². The molecule has 1 aromatic carbocycles. The molecule has 0 aromatic heterocycles. The topological polar surface area (TPSA) is 80.8 Å². The summed E-state index contributed by atoms with van der Waals surface area (Å²) in [5.74, 6) is 1.40. The highest BCUT2D eigenvalue weighted by molar-refractivity contribution is 7.89. The standard InChI is InChI=1S/C24H31NO5S/c1-16-4-6-20(7-5-16)31(28,29)25-8-2-3-21(25)23(27)30-15-22(26)24-12-17-9-18(13-24)11-19(10-17)14-24/h4-7,17-19,21H,2-3,8-15H2,1H3/t17?,18?,19?,21-,24?/m1/s1. The minimum Gasteiger partial charge on any atom is -0.456 e. The van der Waals surface area contributed by atoms with Crippen molar-refractivity contribution < 1.29 is 22.7 Å². The van der Waals surface area contributed by atoms with Crippen molar-refractivity contribution in [1.29, 1.82) is 0 Å². The smallest absolute Gasteiger partial charge is 0.324 e. The van der Waals surface area contributed by atoms with Gasteiger partial charge in [0.25, 0.3) is 0 Å². The molecule has 0 amide bonds. The van der Waals surface area contributed by atoms with Gasteiger partial charge in [0.15, 0.2) is 12.4 Å². The summed E-state index contributed by atoms with van der Waals surface area (Å²) < 4.78 is 32.9. The van der Waals surface area contributed by atoms with E-state index in [1.54, 1.807) is 24.3 Å². The Morgan fingerprint density at radius 1 is 1.03 bits per heavy atom. The first kappa shape index (κ1) is 21.1. The molecule has 6 rings (SSSR count). The van der Waals surface area contributed by atoms with Crippen LogP contribution in [0, 0.1) is 30.1 Å². The van der Waals surface area contributed by atoms with Gasteiger partial charge in [-0.25, -0.2) is 8.42 Å². The number of hydrogen-bond acceptors (Lipinski definition) is 5. The Hall–Kier alpha value is -1.73. The van der Waals surface area contributed by atoms with Crippen molar-refractivity contribution in [3.05, 3.63) is 29.8 Å². The summed E-state index contributed by atoms with van der Waals surface area (Å²) in [4.78, 5) is 26.2. The van der Waals surface area contributed by atoms with Gasteiger partial charge in [-0.3, -0.25) is 9.59 Å². The number of aryl methyl sites for hydroxylation is 1. The number of carbonyl (C=O) groups is 2. The molecule has 5 aliphatic rings. The second-order valence-electron chi connectivity index (χ2n) is 10.3. The van der Waals surface area contributed by atoms with Crippen molar-refractivity contribution in [3.63, 3.8) is 0 Å². The largest absolute Gasteiger partial charge is 0.456 e. The Bertz CT molecular complexity index is 948. The van der Waals surface area contributed by atoms with Crippen LogP contribution in [0.3, 0.4) is 0 Å². The molecular formula is C24H31NO5S. The number of ether oxygens (including phenoxy) is 1. The van der Waals surface area contributed by atoms with Crippen molar-refractivity contribution in [2.24, 2.45) is 23.2 Å². The van der Waals surface area contributed by atoms with E-state index in [1.165, 1.54) is 23.6 Å². The highest BCUT2D eigenvalue weighted by atomic mass is 32.2. The van der Waals surface area contributed by atoms with Gasteiger partial charge in [-0.05, 0) is 88.2 Å². The Kier molecular flexibility index (Phi) is 5.25. The number of hydrogen-bond donors (Lipinski definition) is 0. The van der Waals surface area contributed by atoms with E-state index in [-0.39, 0.29) is 22.7 Å². The van der Waals surface area contributed by atoms with Crippen molar-refractivity contribution in [2.45, 2.75) is 69.2 Å². The maximum Gasteiger partial charge on any atom is 0.324 e. The predicted molar refractivity (Wildman–Crippen MR) is 115 cm³/mol. The molecule has 0 N–H and O–H groups in total. The van der Waals surface area contributed by atoms with Crippen molar-refractivity contribution in [1.82, 2.24) is 4.31 Å². The van der Waals surface area contributed by atoms with Crippen LogP contribution in [0.15, 0.2) is 29.2 Å². The first-order chi connectivity index (χ1) is 14.8. The molecule has 168 valence electrons. The van der Waals surface area contributed by atoms with Gasteiger partial charge in [-0.2, -0.15) is 4.31 Å². The summed E-state index contributed by atoms with van der Waals surface area (Å²) >= 11 is 0. The number of sulfonamides is 1. The molecular weight excluding hydrogens is 414 g/mol. The summed E-state index contributed by atoms with van der Waals surface area (Å²) in [6, 6.07) is 5.79. The lowest BCUT2D eigenvalue weighted by Crippen LogP contribution is -2.51. The van der Waals surface area contributed by atoms with E-state index in [1.807, 2.05) is 6.92 Å². The molecule has 5 fully saturated rings. The summed E-state index contributed by atoms with van der Waals surface area (Å²) in [5.41, 5.74) is 0.665. The van der Waals surface area contributed by atoms with Crippen molar-refractivity contribution in [3.8, 4) is 0 Å². The molecule has 0 unspecified atom stereocenters. The molecule has 6 nitrogen and oxygen atoms in total. The molecule has 1 atom stereocenters. The lowest BCUT2D eigenvalue weighted by Gasteiger charge is -2.55. The number of Topliss-reactive ketones (excluding diaryl/α,β-unsaturated/α-hetero) is 1. The van der Waals surface area contributed by atoms with Crippen molar-refractivity contribution in [2.75, 3.05) is 13.2 Å². The van der Waals surface area contributed by atoms with Crippen LogP contribution < -0.4 is 0 Å². The molecule has 4 aliphatic carbocycles. The third-order valence-electron chi connectivity index (χ3n) is 8.08. The average Bonchev–Trinajstić information content (AvgIpc) is 3.22. The zero-order chi connectivity index (χ0) is 21.8. The molecule has 7 heteroatoms. The minimum absolute atomic E-state index is 0.0471. The summed E-state index contributed by atoms with van der Waals surface area (Å²) in [5, 5.41) is 0. The van der Waals surface area contributed by atoms with Gasteiger partial charge in [0.05, 0.1) is 4.90 Å². The molecule has 1 heterocycles. The summed E-state index contributed by atoms with van der Waals surface area (Å²) in [6.45, 7) is 1.96. The normalized spacial score (nSPS) is 34.7. The third kappa shape index (κ3) is 3.74. The SMILES string of the molecule is Cc1ccc(S(=O)(=O)N2CCC[C@@H]2C(=O)OCC(=O)C23CC4CC(CC(C4)C2)C3)cc1. The number of rotatable bonds is 6. The Labute approximate surface area is 184 Å². The first-order valence-corrected chi connectivity index (χ1v) is 13.0. The Balaban J connectivity index is 1.25. The maximum absolute atomic E-state index is 13.1. The zero-order valence-electron chi connectivity index (χ0n) is 18.1. The van der Waals surface area contributed by atoms with Crippen LogP contribution in [0.2, 0.25) is 0 Å². The van der Waals surface area contributed by atoms with E-state index >= 15 is 0 Å². The number of ketones is 1. The fourth-order valence-corrected chi connectivity index (χ4v) is 8.59. The predicted octanol–water partition coefficient (Wildman–Crippen LogP) is 3.48. The molecule has 1 aromatic rings. The second kappa shape index (κ2) is 7.69. The average molecular weight is 446 g/mol. The molecule has 31 heavy (non-hydrogen) atoms. The van der Waals surface area contributed by atoms with E-state index in [0.29, 0.717) is 37.1 Å². The molecule has 4 bridgehead atoms. The highest BCUT2D eigenvalue weighted by Gasteiger charge is 2.54. The van der Waals surface area contributed by atoms with E-state index in [2.05, 4.69) is 0 Å². The van der Waals surface area contributed by atoms with Crippen molar-refractivity contribution >= 4 is 21.8 Å². The molecule has 0 spiro atoms. The van der Waals surface area contributed by atoms with Gasteiger partial charge in [0, 0.05) is 12.0 Å². The van der Waals surface area contributed by atoms with Crippen LogP contribution in [0.4, 0.5) is 0 Å². The van der Waals surface area contributed by atoms with Gasteiger partial charge in [0.2, 0.25) is 10.0 Å². The Morgan fingerprint density at radius 3 is 2.19 bits per heavy atom.